The number of hydrogen-bond acceptors (Lipinski definition) is 3. The lowest BCUT2D eigenvalue weighted by molar-refractivity contribution is -0.125. The van der Waals surface area contributed by atoms with Gasteiger partial charge in [0.2, 0.25) is 5.91 Å². The Kier molecular flexibility index (Phi) is 5.05. The third-order valence-electron chi connectivity index (χ3n) is 2.99. The van der Waals surface area contributed by atoms with Crippen LogP contribution < -0.4 is 11.1 Å². The Labute approximate surface area is 91.5 Å². The molecule has 15 heavy (non-hydrogen) atoms. The van der Waals surface area contributed by atoms with Crippen LogP contribution in [0.25, 0.3) is 0 Å². The standard InChI is InChI=1S/C11H22N2O2/c1-8(9(2)12)11(14)13-6-5-10-4-3-7-15-10/h8-10H,3-7,12H2,1-2H3,(H,13,14). The van der Waals surface area contributed by atoms with Gasteiger partial charge in [0.05, 0.1) is 6.10 Å². The lowest BCUT2D eigenvalue weighted by Gasteiger charge is -2.16. The van der Waals surface area contributed by atoms with E-state index in [1.54, 1.807) is 0 Å². The van der Waals surface area contributed by atoms with E-state index in [9.17, 15) is 4.79 Å². The summed E-state index contributed by atoms with van der Waals surface area (Å²) >= 11 is 0. The Morgan fingerprint density at radius 2 is 2.33 bits per heavy atom. The smallest absolute Gasteiger partial charge is 0.224 e. The number of nitrogens with one attached hydrogen (secondary N) is 1. The molecule has 4 nitrogen and oxygen atoms in total. The van der Waals surface area contributed by atoms with Gasteiger partial charge in [0.15, 0.2) is 0 Å². The Hall–Kier alpha value is -0.610. The summed E-state index contributed by atoms with van der Waals surface area (Å²) in [6.45, 7) is 5.27. The second-order valence-corrected chi connectivity index (χ2v) is 4.36. The summed E-state index contributed by atoms with van der Waals surface area (Å²) < 4.78 is 5.47. The van der Waals surface area contributed by atoms with E-state index >= 15 is 0 Å². The number of carbonyl (C=O) groups excluding carboxylic acids is 1. The first-order chi connectivity index (χ1) is 7.11. The molecule has 1 rings (SSSR count). The second-order valence-electron chi connectivity index (χ2n) is 4.36. The molecule has 3 unspecified atom stereocenters. The fraction of sp³-hybridized carbons (Fsp3) is 0.909. The average Bonchev–Trinajstić information content (AvgIpc) is 2.69. The molecule has 3 N–H and O–H groups in total. The first-order valence-electron chi connectivity index (χ1n) is 5.76. The SMILES string of the molecule is CC(N)C(C)C(=O)NCCC1CCCO1. The first-order valence-corrected chi connectivity index (χ1v) is 5.76. The maximum Gasteiger partial charge on any atom is 0.224 e. The van der Waals surface area contributed by atoms with Crippen LogP contribution in [0.5, 0.6) is 0 Å². The Morgan fingerprint density at radius 1 is 1.60 bits per heavy atom. The van der Waals surface area contributed by atoms with Gasteiger partial charge in [-0.05, 0) is 26.2 Å². The number of carbonyl (C=O) groups is 1. The molecule has 88 valence electrons. The van der Waals surface area contributed by atoms with Crippen LogP contribution >= 0.6 is 0 Å². The molecule has 0 radical (unpaired) electrons. The zero-order valence-electron chi connectivity index (χ0n) is 9.66. The highest BCUT2D eigenvalue weighted by molar-refractivity contribution is 5.78. The quantitative estimate of drug-likeness (QED) is 0.706. The maximum absolute atomic E-state index is 11.5. The minimum Gasteiger partial charge on any atom is -0.378 e. The molecule has 1 saturated heterocycles. The Bertz CT molecular complexity index is 201. The van der Waals surface area contributed by atoms with E-state index in [-0.39, 0.29) is 17.9 Å². The van der Waals surface area contributed by atoms with Crippen molar-refractivity contribution in [3.8, 4) is 0 Å². The third kappa shape index (κ3) is 4.18. The molecule has 0 bridgehead atoms. The van der Waals surface area contributed by atoms with Gasteiger partial charge < -0.3 is 15.8 Å². The second kappa shape index (κ2) is 6.08. The van der Waals surface area contributed by atoms with Crippen molar-refractivity contribution in [3.63, 3.8) is 0 Å². The van der Waals surface area contributed by atoms with Crippen molar-refractivity contribution in [2.24, 2.45) is 11.7 Å². The molecule has 4 heteroatoms. The first kappa shape index (κ1) is 12.5. The highest BCUT2D eigenvalue weighted by Crippen LogP contribution is 2.14. The summed E-state index contributed by atoms with van der Waals surface area (Å²) in [5.41, 5.74) is 5.65. The van der Waals surface area contributed by atoms with Gasteiger partial charge in [0.1, 0.15) is 0 Å². The number of rotatable bonds is 5. The highest BCUT2D eigenvalue weighted by atomic mass is 16.5. The molecule has 0 spiro atoms. The van der Waals surface area contributed by atoms with Gasteiger partial charge >= 0.3 is 0 Å². The van der Waals surface area contributed by atoms with Gasteiger partial charge in [-0.3, -0.25) is 4.79 Å². The predicted molar refractivity (Wildman–Crippen MR) is 59.4 cm³/mol. The molecule has 0 aliphatic carbocycles. The Morgan fingerprint density at radius 3 is 2.87 bits per heavy atom. The molecule has 1 amide bonds. The van der Waals surface area contributed by atoms with Crippen molar-refractivity contribution in [3.05, 3.63) is 0 Å². The summed E-state index contributed by atoms with van der Waals surface area (Å²) in [5.74, 6) is -0.0718. The van der Waals surface area contributed by atoms with Crippen LogP contribution in [0.3, 0.4) is 0 Å². The molecule has 1 aliphatic rings. The van der Waals surface area contributed by atoms with E-state index in [4.69, 9.17) is 10.5 Å². The average molecular weight is 214 g/mol. The Balaban J connectivity index is 2.11. The monoisotopic (exact) mass is 214 g/mol. The number of hydrogen-bond donors (Lipinski definition) is 2. The summed E-state index contributed by atoms with van der Waals surface area (Å²) in [4.78, 5) is 11.5. The minimum absolute atomic E-state index is 0.0444. The van der Waals surface area contributed by atoms with Crippen molar-refractivity contribution in [2.75, 3.05) is 13.2 Å². The largest absolute Gasteiger partial charge is 0.378 e. The molecule has 0 aromatic rings. The van der Waals surface area contributed by atoms with Crippen LogP contribution in [-0.2, 0) is 9.53 Å². The van der Waals surface area contributed by atoms with E-state index in [2.05, 4.69) is 5.32 Å². The summed E-state index contributed by atoms with van der Waals surface area (Å²) in [6, 6.07) is -0.0901. The lowest BCUT2D eigenvalue weighted by Crippen LogP contribution is -2.39. The number of amides is 1. The molecule has 0 aromatic heterocycles. The normalized spacial score (nSPS) is 24.9. The summed E-state index contributed by atoms with van der Waals surface area (Å²) in [6.07, 6.45) is 3.53. The molecular weight excluding hydrogens is 192 g/mol. The van der Waals surface area contributed by atoms with Gasteiger partial charge in [0, 0.05) is 25.1 Å². The molecule has 0 aromatic carbocycles. The van der Waals surface area contributed by atoms with Gasteiger partial charge in [-0.2, -0.15) is 0 Å². The molecule has 3 atom stereocenters. The van der Waals surface area contributed by atoms with Crippen LogP contribution in [0.2, 0.25) is 0 Å². The number of nitrogens with two attached hydrogens (primary N) is 1. The fourth-order valence-corrected chi connectivity index (χ4v) is 1.63. The lowest BCUT2D eigenvalue weighted by atomic mass is 10.0. The van der Waals surface area contributed by atoms with Crippen molar-refractivity contribution in [1.82, 2.24) is 5.32 Å². The van der Waals surface area contributed by atoms with Crippen LogP contribution in [0.15, 0.2) is 0 Å². The van der Waals surface area contributed by atoms with E-state index in [1.807, 2.05) is 13.8 Å². The van der Waals surface area contributed by atoms with E-state index in [1.165, 1.54) is 0 Å². The fourth-order valence-electron chi connectivity index (χ4n) is 1.63. The zero-order valence-corrected chi connectivity index (χ0v) is 9.66. The predicted octanol–water partition coefficient (Wildman–Crippen LogP) is 0.655. The van der Waals surface area contributed by atoms with Crippen molar-refractivity contribution >= 4 is 5.91 Å². The zero-order chi connectivity index (χ0) is 11.3. The van der Waals surface area contributed by atoms with E-state index in [0.717, 1.165) is 25.9 Å². The highest BCUT2D eigenvalue weighted by Gasteiger charge is 2.18. The van der Waals surface area contributed by atoms with Crippen LogP contribution in [0, 0.1) is 5.92 Å². The van der Waals surface area contributed by atoms with Crippen molar-refractivity contribution in [1.29, 1.82) is 0 Å². The molecule has 1 fully saturated rings. The third-order valence-corrected chi connectivity index (χ3v) is 2.99. The van der Waals surface area contributed by atoms with Gasteiger partial charge in [-0.1, -0.05) is 6.92 Å². The van der Waals surface area contributed by atoms with Crippen LogP contribution in [0.1, 0.15) is 33.1 Å². The van der Waals surface area contributed by atoms with Gasteiger partial charge in [0.25, 0.3) is 0 Å². The van der Waals surface area contributed by atoms with Crippen LogP contribution in [0.4, 0.5) is 0 Å². The molecule has 0 saturated carbocycles. The van der Waals surface area contributed by atoms with E-state index < -0.39 is 0 Å². The van der Waals surface area contributed by atoms with Gasteiger partial charge in [-0.15, -0.1) is 0 Å². The molecular formula is C11H22N2O2. The van der Waals surface area contributed by atoms with Crippen LogP contribution in [-0.4, -0.2) is 31.2 Å². The molecule has 1 heterocycles. The van der Waals surface area contributed by atoms with Crippen molar-refractivity contribution in [2.45, 2.75) is 45.3 Å². The summed E-state index contributed by atoms with van der Waals surface area (Å²) in [7, 11) is 0. The van der Waals surface area contributed by atoms with Gasteiger partial charge in [-0.25, -0.2) is 0 Å². The van der Waals surface area contributed by atoms with Crippen molar-refractivity contribution < 1.29 is 9.53 Å². The topological polar surface area (TPSA) is 64.4 Å². The number of ether oxygens (including phenoxy) is 1. The summed E-state index contributed by atoms with van der Waals surface area (Å²) in [5, 5.41) is 2.89. The minimum atomic E-state index is -0.116. The maximum atomic E-state index is 11.5. The van der Waals surface area contributed by atoms with E-state index in [0.29, 0.717) is 12.6 Å². The molecule has 1 aliphatic heterocycles.